The highest BCUT2D eigenvalue weighted by atomic mass is 16.2. The summed E-state index contributed by atoms with van der Waals surface area (Å²) < 4.78 is 0. The third-order valence-electron chi connectivity index (χ3n) is 9.04. The van der Waals surface area contributed by atoms with E-state index in [1.165, 1.54) is 5.56 Å². The predicted molar refractivity (Wildman–Crippen MR) is 214 cm³/mol. The predicted octanol–water partition coefficient (Wildman–Crippen LogP) is 7.53. The van der Waals surface area contributed by atoms with Crippen LogP contribution in [0.5, 0.6) is 0 Å². The number of anilines is 3. The molecule has 8 rings (SSSR count). The van der Waals surface area contributed by atoms with Crippen LogP contribution in [0, 0.1) is 0 Å². The van der Waals surface area contributed by atoms with Gasteiger partial charge in [0, 0.05) is 54.7 Å². The molecule has 1 fully saturated rings. The summed E-state index contributed by atoms with van der Waals surface area (Å²) >= 11 is 0. The van der Waals surface area contributed by atoms with Gasteiger partial charge in [-0.1, -0.05) is 97.1 Å². The Morgan fingerprint density at radius 2 is 1.28 bits per heavy atom. The van der Waals surface area contributed by atoms with Crippen LogP contribution in [-0.2, 0) is 6.42 Å². The molecule has 264 valence electrons. The molecule has 1 saturated heterocycles. The van der Waals surface area contributed by atoms with E-state index in [1.807, 2.05) is 133 Å². The Labute approximate surface area is 309 Å². The average molecular weight is 700 g/mol. The van der Waals surface area contributed by atoms with E-state index in [0.717, 1.165) is 65.8 Å². The van der Waals surface area contributed by atoms with Crippen LogP contribution in [0.4, 0.5) is 17.1 Å². The number of carbonyl (C=O) groups is 2. The van der Waals surface area contributed by atoms with E-state index in [2.05, 4.69) is 43.1 Å². The normalized spacial score (nSPS) is 12.5. The number of aromatic nitrogens is 2. The minimum absolute atomic E-state index is 0.105. The van der Waals surface area contributed by atoms with Crippen molar-refractivity contribution in [1.29, 1.82) is 0 Å². The van der Waals surface area contributed by atoms with E-state index < -0.39 is 0 Å². The molecule has 0 bridgehead atoms. The number of carbonyl (C=O) groups excluding carboxylic acids is 2. The molecule has 2 amide bonds. The summed E-state index contributed by atoms with van der Waals surface area (Å²) in [6.07, 6.45) is 4.26. The lowest BCUT2D eigenvalue weighted by Gasteiger charge is -2.30. The van der Waals surface area contributed by atoms with Gasteiger partial charge in [0.1, 0.15) is 0 Å². The zero-order chi connectivity index (χ0) is 36.2. The lowest BCUT2D eigenvalue weighted by molar-refractivity contribution is 0.0973. The van der Waals surface area contributed by atoms with Gasteiger partial charge in [-0.25, -0.2) is 10.4 Å². The lowest BCUT2D eigenvalue weighted by Crippen LogP contribution is -2.44. The molecule has 1 aliphatic heterocycles. The summed E-state index contributed by atoms with van der Waals surface area (Å²) in [4.78, 5) is 37.2. The Morgan fingerprint density at radius 1 is 0.679 bits per heavy atom. The number of rotatable bonds is 9. The minimum atomic E-state index is -0.106. The second-order valence-electron chi connectivity index (χ2n) is 12.7. The molecule has 0 radical (unpaired) electrons. The van der Waals surface area contributed by atoms with Crippen molar-refractivity contribution in [2.24, 2.45) is 0 Å². The summed E-state index contributed by atoms with van der Waals surface area (Å²) in [6, 6.07) is 47.0. The molecule has 1 aliphatic rings. The van der Waals surface area contributed by atoms with Crippen molar-refractivity contribution in [3.63, 3.8) is 0 Å². The van der Waals surface area contributed by atoms with Crippen LogP contribution in [0.3, 0.4) is 0 Å². The zero-order valence-corrected chi connectivity index (χ0v) is 29.4. The molecule has 7 aromatic rings. The van der Waals surface area contributed by atoms with Crippen molar-refractivity contribution in [3.8, 4) is 0 Å². The maximum atomic E-state index is 13.2. The van der Waals surface area contributed by atoms with Crippen LogP contribution in [0.2, 0.25) is 0 Å². The minimum Gasteiger partial charge on any atom is -0.368 e. The van der Waals surface area contributed by atoms with Crippen LogP contribution in [0.1, 0.15) is 26.3 Å². The molecular weight excluding hydrogens is 659 g/mol. The third-order valence-corrected chi connectivity index (χ3v) is 9.04. The number of nitrogens with one attached hydrogen (secondary N) is 3. The van der Waals surface area contributed by atoms with Crippen LogP contribution in [0.25, 0.3) is 21.8 Å². The zero-order valence-electron chi connectivity index (χ0n) is 29.4. The van der Waals surface area contributed by atoms with Gasteiger partial charge in [-0.2, -0.15) is 0 Å². The van der Waals surface area contributed by atoms with E-state index in [1.54, 1.807) is 17.4 Å². The number of nitrogens with zero attached hydrogens (tertiary/aromatic N) is 4. The number of hydrogen-bond donors (Lipinski definition) is 3. The Hall–Kier alpha value is -6.42. The topological polar surface area (TPSA) is 102 Å². The van der Waals surface area contributed by atoms with E-state index in [0.29, 0.717) is 23.4 Å². The summed E-state index contributed by atoms with van der Waals surface area (Å²) in [5, 5.41) is 9.93. The van der Waals surface area contributed by atoms with Gasteiger partial charge in [0.05, 0.1) is 40.4 Å². The highest BCUT2D eigenvalue weighted by molar-refractivity contribution is 6.09. The monoisotopic (exact) mass is 699 g/mol. The van der Waals surface area contributed by atoms with Gasteiger partial charge in [0.25, 0.3) is 11.8 Å². The van der Waals surface area contributed by atoms with E-state index in [9.17, 15) is 9.59 Å². The van der Waals surface area contributed by atoms with Crippen LogP contribution in [0.15, 0.2) is 158 Å². The molecule has 0 aliphatic carbocycles. The molecule has 0 spiro atoms. The van der Waals surface area contributed by atoms with Crippen molar-refractivity contribution >= 4 is 50.7 Å². The van der Waals surface area contributed by atoms with Crippen molar-refractivity contribution in [2.75, 3.05) is 47.9 Å². The average Bonchev–Trinajstić information content (AvgIpc) is 3.23. The number of piperazine rings is 1. The van der Waals surface area contributed by atoms with Gasteiger partial charge in [0.15, 0.2) is 0 Å². The van der Waals surface area contributed by atoms with Crippen LogP contribution >= 0.6 is 0 Å². The van der Waals surface area contributed by atoms with E-state index in [4.69, 9.17) is 0 Å². The Balaban J connectivity index is 0.000000165. The highest BCUT2D eigenvalue weighted by Crippen LogP contribution is 2.24. The summed E-state index contributed by atoms with van der Waals surface area (Å²) in [7, 11) is 0. The number of hydrogen-bond acceptors (Lipinski definition) is 7. The summed E-state index contributed by atoms with van der Waals surface area (Å²) in [5.41, 5.74) is 10.1. The molecule has 3 N–H and O–H groups in total. The fraction of sp³-hybridized carbons (Fsp3) is 0.136. The van der Waals surface area contributed by atoms with Gasteiger partial charge in [-0.3, -0.25) is 19.6 Å². The molecule has 53 heavy (non-hydrogen) atoms. The molecule has 5 aromatic carbocycles. The second-order valence-corrected chi connectivity index (χ2v) is 12.7. The molecule has 2 aromatic heterocycles. The number of fused-ring (bicyclic) bond motifs is 2. The van der Waals surface area contributed by atoms with Crippen LogP contribution < -0.4 is 26.0 Å². The van der Waals surface area contributed by atoms with Crippen LogP contribution in [-0.4, -0.2) is 54.5 Å². The lowest BCUT2D eigenvalue weighted by atomic mass is 10.1. The third kappa shape index (κ3) is 8.91. The van der Waals surface area contributed by atoms with E-state index >= 15 is 0 Å². The first-order valence-electron chi connectivity index (χ1n) is 17.8. The largest absolute Gasteiger partial charge is 0.368 e. The summed E-state index contributed by atoms with van der Waals surface area (Å²) in [5.74, 6) is -0.211. The van der Waals surface area contributed by atoms with Gasteiger partial charge in [-0.05, 0) is 60.5 Å². The first-order valence-corrected chi connectivity index (χ1v) is 17.8. The number of hydrazine groups is 1. The van der Waals surface area contributed by atoms with E-state index in [-0.39, 0.29) is 11.8 Å². The van der Waals surface area contributed by atoms with Gasteiger partial charge in [0.2, 0.25) is 0 Å². The molecule has 9 nitrogen and oxygen atoms in total. The molecule has 0 saturated carbocycles. The Kier molecular flexibility index (Phi) is 11.4. The molecule has 0 atom stereocenters. The highest BCUT2D eigenvalue weighted by Gasteiger charge is 2.19. The fourth-order valence-corrected chi connectivity index (χ4v) is 6.31. The Bertz CT molecular complexity index is 2290. The molecule has 9 heteroatoms. The summed E-state index contributed by atoms with van der Waals surface area (Å²) in [6.45, 7) is 4.31. The molecule has 3 heterocycles. The fourth-order valence-electron chi connectivity index (χ4n) is 6.31. The SMILES string of the molecule is O=C(Nc1cnc2ccccc2c1)c1ccccc1N1CCNCC1.O=C(c1ccccc1)N(NCCc1ccccc1)c1cnc2ccccc2c1. The smallest absolute Gasteiger partial charge is 0.272 e. The first-order chi connectivity index (χ1) is 26.1. The maximum absolute atomic E-state index is 13.2. The van der Waals surface area contributed by atoms with Crippen molar-refractivity contribution in [2.45, 2.75) is 6.42 Å². The number of pyridine rings is 2. The van der Waals surface area contributed by atoms with Crippen molar-refractivity contribution < 1.29 is 9.59 Å². The standard InChI is InChI=1S/C24H21N3O.C20H20N4O/c28-24(20-11-5-2-6-12-20)27(26-16-15-19-9-3-1-4-10-19)22-17-21-13-7-8-14-23(21)25-18-22;25-20(23-16-13-15-5-1-3-7-18(15)22-14-16)17-6-2-4-8-19(17)24-11-9-21-10-12-24/h1-14,17-18,26H,15-16H2;1-8,13-14,21H,9-12H2,(H,23,25). The quantitative estimate of drug-likeness (QED) is 0.134. The number of amides is 2. The molecular formula is C44H41N7O2. The molecule has 0 unspecified atom stereocenters. The second kappa shape index (κ2) is 17.2. The number of benzene rings is 5. The van der Waals surface area contributed by atoms with Crippen molar-refractivity contribution in [3.05, 3.63) is 175 Å². The first kappa shape index (κ1) is 35.0. The van der Waals surface area contributed by atoms with Gasteiger partial charge in [-0.15, -0.1) is 0 Å². The van der Waals surface area contributed by atoms with Gasteiger partial charge < -0.3 is 15.5 Å². The number of para-hydroxylation sites is 3. The Morgan fingerprint density at radius 3 is 2.02 bits per heavy atom. The van der Waals surface area contributed by atoms with Gasteiger partial charge >= 0.3 is 0 Å². The maximum Gasteiger partial charge on any atom is 0.272 e. The van der Waals surface area contributed by atoms with Crippen molar-refractivity contribution in [1.82, 2.24) is 20.7 Å².